The van der Waals surface area contributed by atoms with Gasteiger partial charge < -0.3 is 15.0 Å². The van der Waals surface area contributed by atoms with Gasteiger partial charge in [0, 0.05) is 20.3 Å². The highest BCUT2D eigenvalue weighted by molar-refractivity contribution is 6.23. The number of para-hydroxylation sites is 2. The standard InChI is InChI=1S/C21H20N4O2/c1-27-12-4-11-23-21(26)17(13-15-7-9-16(14-22)10-8-15)20-24-18-5-2-3-6-19(18)25-20/h2-3,5-10,13H,4,11-12H2,1H3,(H,23,26)(H,24,25)/b17-13+. The fourth-order valence-electron chi connectivity index (χ4n) is 2.66. The average Bonchev–Trinajstić information content (AvgIpc) is 3.13. The number of amides is 1. The van der Waals surface area contributed by atoms with Crippen LogP contribution in [-0.4, -0.2) is 36.1 Å². The summed E-state index contributed by atoms with van der Waals surface area (Å²) >= 11 is 0. The number of imidazole rings is 1. The maximum Gasteiger partial charge on any atom is 0.255 e. The Morgan fingerprint density at radius 3 is 2.74 bits per heavy atom. The third-order valence-corrected chi connectivity index (χ3v) is 4.05. The average molecular weight is 360 g/mol. The first-order valence-corrected chi connectivity index (χ1v) is 8.65. The summed E-state index contributed by atoms with van der Waals surface area (Å²) < 4.78 is 5.02. The van der Waals surface area contributed by atoms with Crippen LogP contribution in [0.1, 0.15) is 23.4 Å². The first kappa shape index (κ1) is 18.4. The Balaban J connectivity index is 1.93. The zero-order valence-corrected chi connectivity index (χ0v) is 15.0. The maximum atomic E-state index is 12.8. The second-order valence-electron chi connectivity index (χ2n) is 6.00. The van der Waals surface area contributed by atoms with Gasteiger partial charge in [-0.1, -0.05) is 24.3 Å². The van der Waals surface area contributed by atoms with Crippen molar-refractivity contribution in [3.8, 4) is 6.07 Å². The van der Waals surface area contributed by atoms with Crippen molar-refractivity contribution in [2.24, 2.45) is 0 Å². The van der Waals surface area contributed by atoms with Crippen molar-refractivity contribution in [3.63, 3.8) is 0 Å². The van der Waals surface area contributed by atoms with E-state index in [0.29, 0.717) is 30.1 Å². The first-order valence-electron chi connectivity index (χ1n) is 8.65. The molecule has 2 N–H and O–H groups in total. The minimum atomic E-state index is -0.213. The number of aromatic amines is 1. The highest BCUT2D eigenvalue weighted by Crippen LogP contribution is 2.20. The van der Waals surface area contributed by atoms with Gasteiger partial charge in [-0.15, -0.1) is 0 Å². The molecule has 136 valence electrons. The number of benzene rings is 2. The van der Waals surface area contributed by atoms with E-state index in [2.05, 4.69) is 21.4 Å². The quantitative estimate of drug-likeness (QED) is 0.500. The Morgan fingerprint density at radius 2 is 2.04 bits per heavy atom. The fourth-order valence-corrected chi connectivity index (χ4v) is 2.66. The summed E-state index contributed by atoms with van der Waals surface area (Å²) in [6.45, 7) is 1.09. The molecule has 3 aromatic rings. The van der Waals surface area contributed by atoms with Gasteiger partial charge in [-0.2, -0.15) is 5.26 Å². The van der Waals surface area contributed by atoms with Gasteiger partial charge in [-0.3, -0.25) is 4.79 Å². The third-order valence-electron chi connectivity index (χ3n) is 4.05. The van der Waals surface area contributed by atoms with E-state index in [1.54, 1.807) is 37.5 Å². The Morgan fingerprint density at radius 1 is 1.26 bits per heavy atom. The summed E-state index contributed by atoms with van der Waals surface area (Å²) in [5, 5.41) is 11.8. The van der Waals surface area contributed by atoms with Crippen molar-refractivity contribution in [2.45, 2.75) is 6.42 Å². The Bertz CT molecular complexity index is 964. The summed E-state index contributed by atoms with van der Waals surface area (Å²) in [5.74, 6) is 0.291. The molecule has 0 aliphatic carbocycles. The number of rotatable bonds is 7. The fraction of sp³-hybridized carbons (Fsp3) is 0.190. The van der Waals surface area contributed by atoms with E-state index in [4.69, 9.17) is 10.00 Å². The molecule has 0 atom stereocenters. The summed E-state index contributed by atoms with van der Waals surface area (Å²) in [4.78, 5) is 20.5. The van der Waals surface area contributed by atoms with Crippen LogP contribution in [0.15, 0.2) is 48.5 Å². The number of carbonyl (C=O) groups excluding carboxylic acids is 1. The SMILES string of the molecule is COCCCNC(=O)/C(=C/c1ccc(C#N)cc1)c1nc2ccccc2[nH]1. The molecule has 0 spiro atoms. The summed E-state index contributed by atoms with van der Waals surface area (Å²) in [5.41, 5.74) is 3.49. The van der Waals surface area contributed by atoms with Gasteiger partial charge in [0.1, 0.15) is 5.82 Å². The van der Waals surface area contributed by atoms with Gasteiger partial charge in [0.15, 0.2) is 0 Å². The van der Waals surface area contributed by atoms with Crippen LogP contribution < -0.4 is 5.32 Å². The molecule has 0 bridgehead atoms. The topological polar surface area (TPSA) is 90.8 Å². The van der Waals surface area contributed by atoms with Gasteiger partial charge in [0.2, 0.25) is 0 Å². The molecule has 2 aromatic carbocycles. The number of hydrogen-bond acceptors (Lipinski definition) is 4. The lowest BCUT2D eigenvalue weighted by molar-refractivity contribution is -0.115. The molecule has 3 rings (SSSR count). The molecular weight excluding hydrogens is 340 g/mol. The van der Waals surface area contributed by atoms with E-state index in [0.717, 1.165) is 23.0 Å². The van der Waals surface area contributed by atoms with Gasteiger partial charge in [0.05, 0.1) is 28.2 Å². The van der Waals surface area contributed by atoms with Gasteiger partial charge >= 0.3 is 0 Å². The number of aromatic nitrogens is 2. The molecule has 1 heterocycles. The van der Waals surface area contributed by atoms with E-state index in [1.165, 1.54) is 0 Å². The second kappa shape index (κ2) is 8.79. The van der Waals surface area contributed by atoms with E-state index in [-0.39, 0.29) is 5.91 Å². The number of ether oxygens (including phenoxy) is 1. The predicted molar refractivity (Wildman–Crippen MR) is 105 cm³/mol. The molecule has 0 aliphatic heterocycles. The number of hydrogen-bond donors (Lipinski definition) is 2. The second-order valence-corrected chi connectivity index (χ2v) is 6.00. The van der Waals surface area contributed by atoms with Crippen molar-refractivity contribution >= 4 is 28.6 Å². The highest BCUT2D eigenvalue weighted by Gasteiger charge is 2.16. The molecule has 0 saturated carbocycles. The molecule has 0 radical (unpaired) electrons. The summed E-state index contributed by atoms with van der Waals surface area (Å²) in [6, 6.07) is 16.8. The minimum Gasteiger partial charge on any atom is -0.385 e. The molecule has 0 aliphatic rings. The predicted octanol–water partition coefficient (Wildman–Crippen LogP) is 3.13. The Labute approximate surface area is 157 Å². The zero-order valence-electron chi connectivity index (χ0n) is 15.0. The lowest BCUT2D eigenvalue weighted by atomic mass is 10.1. The number of nitrogens with zero attached hydrogens (tertiary/aromatic N) is 2. The van der Waals surface area contributed by atoms with Crippen LogP contribution in [-0.2, 0) is 9.53 Å². The largest absolute Gasteiger partial charge is 0.385 e. The van der Waals surface area contributed by atoms with E-state index < -0.39 is 0 Å². The Kier molecular flexibility index (Phi) is 5.98. The molecule has 1 aromatic heterocycles. The van der Waals surface area contributed by atoms with Crippen LogP contribution in [0, 0.1) is 11.3 Å². The van der Waals surface area contributed by atoms with E-state index >= 15 is 0 Å². The maximum absolute atomic E-state index is 12.8. The van der Waals surface area contributed by atoms with Crippen LogP contribution in [0.3, 0.4) is 0 Å². The van der Waals surface area contributed by atoms with E-state index in [9.17, 15) is 4.79 Å². The van der Waals surface area contributed by atoms with Crippen LogP contribution in [0.25, 0.3) is 22.7 Å². The lowest BCUT2D eigenvalue weighted by Gasteiger charge is -2.07. The molecule has 6 heteroatoms. The van der Waals surface area contributed by atoms with Crippen molar-refractivity contribution in [3.05, 3.63) is 65.5 Å². The molecule has 6 nitrogen and oxygen atoms in total. The number of carbonyl (C=O) groups is 1. The van der Waals surface area contributed by atoms with Gasteiger partial charge in [-0.05, 0) is 42.3 Å². The van der Waals surface area contributed by atoms with E-state index in [1.807, 2.05) is 24.3 Å². The minimum absolute atomic E-state index is 0.213. The number of nitriles is 1. The van der Waals surface area contributed by atoms with Crippen molar-refractivity contribution in [1.29, 1.82) is 5.26 Å². The van der Waals surface area contributed by atoms with Crippen LogP contribution >= 0.6 is 0 Å². The van der Waals surface area contributed by atoms with Crippen LogP contribution in [0.4, 0.5) is 0 Å². The number of nitrogens with one attached hydrogen (secondary N) is 2. The molecule has 0 saturated heterocycles. The number of methoxy groups -OCH3 is 1. The van der Waals surface area contributed by atoms with Gasteiger partial charge in [0.25, 0.3) is 5.91 Å². The van der Waals surface area contributed by atoms with Crippen LogP contribution in [0.2, 0.25) is 0 Å². The molecular formula is C21H20N4O2. The van der Waals surface area contributed by atoms with Gasteiger partial charge in [-0.25, -0.2) is 4.98 Å². The summed E-state index contributed by atoms with van der Waals surface area (Å²) in [6.07, 6.45) is 2.50. The summed E-state index contributed by atoms with van der Waals surface area (Å²) in [7, 11) is 1.63. The van der Waals surface area contributed by atoms with Crippen molar-refractivity contribution in [2.75, 3.05) is 20.3 Å². The Hall–Kier alpha value is -3.43. The van der Waals surface area contributed by atoms with Crippen molar-refractivity contribution < 1.29 is 9.53 Å². The number of H-pyrrole nitrogens is 1. The third kappa shape index (κ3) is 4.60. The lowest BCUT2D eigenvalue weighted by Crippen LogP contribution is -2.26. The smallest absolute Gasteiger partial charge is 0.255 e. The number of fused-ring (bicyclic) bond motifs is 1. The molecule has 0 fully saturated rings. The molecule has 1 amide bonds. The van der Waals surface area contributed by atoms with Crippen molar-refractivity contribution in [1.82, 2.24) is 15.3 Å². The molecule has 0 unspecified atom stereocenters. The zero-order chi connectivity index (χ0) is 19.1. The first-order chi connectivity index (χ1) is 13.2. The van der Waals surface area contributed by atoms with Crippen LogP contribution in [0.5, 0.6) is 0 Å². The monoisotopic (exact) mass is 360 g/mol. The molecule has 27 heavy (non-hydrogen) atoms. The highest BCUT2D eigenvalue weighted by atomic mass is 16.5. The normalized spacial score (nSPS) is 11.3.